The second-order valence-corrected chi connectivity index (χ2v) is 2.95. The Morgan fingerprint density at radius 1 is 1.75 bits per heavy atom. The molecule has 0 saturated heterocycles. The highest BCUT2D eigenvalue weighted by Crippen LogP contribution is 2.22. The van der Waals surface area contributed by atoms with Crippen molar-refractivity contribution in [2.24, 2.45) is 0 Å². The lowest BCUT2D eigenvalue weighted by molar-refractivity contribution is 0.201. The number of aliphatic hydroxyl groups excluding tert-OH is 1. The van der Waals surface area contributed by atoms with Crippen molar-refractivity contribution in [1.29, 1.82) is 0 Å². The summed E-state index contributed by atoms with van der Waals surface area (Å²) >= 11 is 3.26. The lowest BCUT2D eigenvalue weighted by atomic mass is 10.1. The molecule has 0 spiro atoms. The highest BCUT2D eigenvalue weighted by molar-refractivity contribution is 9.11. The van der Waals surface area contributed by atoms with Crippen LogP contribution in [0.2, 0.25) is 0 Å². The Balaban J connectivity index is 2.53. The van der Waals surface area contributed by atoms with E-state index in [4.69, 9.17) is 5.11 Å². The standard InChI is InChI=1S/C6H9BrO/c7-5-3-1-2-4-6(5)8/h3,6,8H,1-2,4H2/t6-/m1/s1. The molecule has 8 heavy (non-hydrogen) atoms. The van der Waals surface area contributed by atoms with Crippen LogP contribution in [0.3, 0.4) is 0 Å². The Labute approximate surface area is 57.5 Å². The molecular formula is C6H9BrO. The van der Waals surface area contributed by atoms with Gasteiger partial charge in [0.1, 0.15) is 0 Å². The van der Waals surface area contributed by atoms with Gasteiger partial charge in [-0.2, -0.15) is 0 Å². The van der Waals surface area contributed by atoms with Gasteiger partial charge in [0, 0.05) is 4.48 Å². The van der Waals surface area contributed by atoms with Crippen LogP contribution in [0, 0.1) is 0 Å². The van der Waals surface area contributed by atoms with Crippen LogP contribution in [0.1, 0.15) is 19.3 Å². The van der Waals surface area contributed by atoms with E-state index >= 15 is 0 Å². The van der Waals surface area contributed by atoms with Crippen molar-refractivity contribution < 1.29 is 5.11 Å². The summed E-state index contributed by atoms with van der Waals surface area (Å²) < 4.78 is 0.962. The third kappa shape index (κ3) is 1.33. The van der Waals surface area contributed by atoms with Crippen LogP contribution >= 0.6 is 15.9 Å². The summed E-state index contributed by atoms with van der Waals surface area (Å²) in [7, 11) is 0. The van der Waals surface area contributed by atoms with E-state index < -0.39 is 0 Å². The van der Waals surface area contributed by atoms with Gasteiger partial charge >= 0.3 is 0 Å². The number of hydrogen-bond acceptors (Lipinski definition) is 1. The molecule has 1 N–H and O–H groups in total. The molecule has 0 amide bonds. The molecule has 0 unspecified atom stereocenters. The lowest BCUT2D eigenvalue weighted by Gasteiger charge is -2.13. The molecule has 0 fully saturated rings. The van der Waals surface area contributed by atoms with Gasteiger partial charge in [0.15, 0.2) is 0 Å². The number of aliphatic hydroxyl groups is 1. The monoisotopic (exact) mass is 176 g/mol. The predicted octanol–water partition coefficient (Wildman–Crippen LogP) is 1.81. The first-order chi connectivity index (χ1) is 3.80. The van der Waals surface area contributed by atoms with Crippen LogP contribution in [0.25, 0.3) is 0 Å². The Hall–Kier alpha value is 0.180. The van der Waals surface area contributed by atoms with Crippen LogP contribution < -0.4 is 0 Å². The zero-order chi connectivity index (χ0) is 5.98. The third-order valence-corrected chi connectivity index (χ3v) is 2.19. The van der Waals surface area contributed by atoms with Crippen molar-refractivity contribution in [2.75, 3.05) is 0 Å². The molecule has 0 saturated carbocycles. The smallest absolute Gasteiger partial charge is 0.0851 e. The topological polar surface area (TPSA) is 20.2 Å². The maximum Gasteiger partial charge on any atom is 0.0851 e. The highest BCUT2D eigenvalue weighted by atomic mass is 79.9. The summed E-state index contributed by atoms with van der Waals surface area (Å²) in [5.74, 6) is 0. The van der Waals surface area contributed by atoms with Gasteiger partial charge in [0.05, 0.1) is 6.10 Å². The minimum Gasteiger partial charge on any atom is -0.388 e. The summed E-state index contributed by atoms with van der Waals surface area (Å²) in [6, 6.07) is 0. The maximum atomic E-state index is 9.06. The number of allylic oxidation sites excluding steroid dienone is 1. The fraction of sp³-hybridized carbons (Fsp3) is 0.667. The van der Waals surface area contributed by atoms with Gasteiger partial charge in [-0.05, 0) is 19.3 Å². The average Bonchev–Trinajstić information content (AvgIpc) is 1.77. The van der Waals surface area contributed by atoms with E-state index in [2.05, 4.69) is 15.9 Å². The summed E-state index contributed by atoms with van der Waals surface area (Å²) in [6.07, 6.45) is 4.96. The van der Waals surface area contributed by atoms with Crippen molar-refractivity contribution in [1.82, 2.24) is 0 Å². The molecule has 1 atom stereocenters. The first-order valence-electron chi connectivity index (χ1n) is 2.84. The number of halogens is 1. The van der Waals surface area contributed by atoms with Gasteiger partial charge in [-0.15, -0.1) is 0 Å². The Kier molecular flexibility index (Phi) is 2.08. The summed E-state index contributed by atoms with van der Waals surface area (Å²) in [6.45, 7) is 0. The van der Waals surface area contributed by atoms with Gasteiger partial charge in [-0.1, -0.05) is 22.0 Å². The molecule has 0 aromatic rings. The average molecular weight is 177 g/mol. The molecule has 0 aromatic heterocycles. The van der Waals surface area contributed by atoms with Crippen molar-refractivity contribution in [3.05, 3.63) is 10.6 Å². The zero-order valence-electron chi connectivity index (χ0n) is 4.60. The maximum absolute atomic E-state index is 9.06. The predicted molar refractivity (Wildman–Crippen MR) is 36.9 cm³/mol. The van der Waals surface area contributed by atoms with E-state index in [9.17, 15) is 0 Å². The first-order valence-corrected chi connectivity index (χ1v) is 3.63. The van der Waals surface area contributed by atoms with E-state index in [-0.39, 0.29) is 6.10 Å². The van der Waals surface area contributed by atoms with E-state index in [0.717, 1.165) is 23.7 Å². The quantitative estimate of drug-likeness (QED) is 0.598. The number of hydrogen-bond donors (Lipinski definition) is 1. The molecular weight excluding hydrogens is 168 g/mol. The van der Waals surface area contributed by atoms with E-state index in [0.29, 0.717) is 0 Å². The van der Waals surface area contributed by atoms with Crippen molar-refractivity contribution in [3.63, 3.8) is 0 Å². The Morgan fingerprint density at radius 2 is 2.50 bits per heavy atom. The molecule has 0 heterocycles. The molecule has 1 aliphatic carbocycles. The summed E-state index contributed by atoms with van der Waals surface area (Å²) in [5.41, 5.74) is 0. The molecule has 1 aliphatic rings. The molecule has 2 heteroatoms. The molecule has 46 valence electrons. The Morgan fingerprint density at radius 3 is 2.88 bits per heavy atom. The van der Waals surface area contributed by atoms with E-state index in [1.165, 1.54) is 0 Å². The van der Waals surface area contributed by atoms with Crippen molar-refractivity contribution in [2.45, 2.75) is 25.4 Å². The fourth-order valence-corrected chi connectivity index (χ4v) is 1.28. The van der Waals surface area contributed by atoms with Crippen LogP contribution in [-0.2, 0) is 0 Å². The van der Waals surface area contributed by atoms with Crippen molar-refractivity contribution >= 4 is 15.9 Å². The molecule has 1 rings (SSSR count). The summed E-state index contributed by atoms with van der Waals surface area (Å²) in [4.78, 5) is 0. The molecule has 0 radical (unpaired) electrons. The Bertz CT molecular complexity index is 109. The largest absolute Gasteiger partial charge is 0.388 e. The van der Waals surface area contributed by atoms with Gasteiger partial charge in [-0.25, -0.2) is 0 Å². The fourth-order valence-electron chi connectivity index (χ4n) is 0.825. The van der Waals surface area contributed by atoms with Crippen LogP contribution in [-0.4, -0.2) is 11.2 Å². The molecule has 1 nitrogen and oxygen atoms in total. The summed E-state index contributed by atoms with van der Waals surface area (Å²) in [5, 5.41) is 9.06. The van der Waals surface area contributed by atoms with E-state index in [1.807, 2.05) is 6.08 Å². The van der Waals surface area contributed by atoms with Gasteiger partial charge in [0.25, 0.3) is 0 Å². The first kappa shape index (κ1) is 6.30. The van der Waals surface area contributed by atoms with Gasteiger partial charge < -0.3 is 5.11 Å². The van der Waals surface area contributed by atoms with Gasteiger partial charge in [-0.3, -0.25) is 0 Å². The highest BCUT2D eigenvalue weighted by Gasteiger charge is 2.10. The van der Waals surface area contributed by atoms with Crippen LogP contribution in [0.15, 0.2) is 10.6 Å². The minimum absolute atomic E-state index is 0.219. The third-order valence-electron chi connectivity index (χ3n) is 1.34. The molecule has 0 aliphatic heterocycles. The van der Waals surface area contributed by atoms with Crippen LogP contribution in [0.5, 0.6) is 0 Å². The second-order valence-electron chi connectivity index (χ2n) is 2.04. The lowest BCUT2D eigenvalue weighted by Crippen LogP contribution is -2.08. The minimum atomic E-state index is -0.219. The molecule has 0 aromatic carbocycles. The number of rotatable bonds is 0. The van der Waals surface area contributed by atoms with E-state index in [1.54, 1.807) is 0 Å². The van der Waals surface area contributed by atoms with Crippen LogP contribution in [0.4, 0.5) is 0 Å². The SMILES string of the molecule is O[C@@H]1CCCC=C1Br. The van der Waals surface area contributed by atoms with Gasteiger partial charge in [0.2, 0.25) is 0 Å². The zero-order valence-corrected chi connectivity index (χ0v) is 6.19. The molecule has 0 bridgehead atoms. The second kappa shape index (κ2) is 2.65. The van der Waals surface area contributed by atoms with Crippen molar-refractivity contribution in [3.8, 4) is 0 Å². The normalized spacial score (nSPS) is 29.8.